The molecule has 1 heterocycles. The predicted molar refractivity (Wildman–Crippen MR) is 119 cm³/mol. The first kappa shape index (κ1) is 21.5. The summed E-state index contributed by atoms with van der Waals surface area (Å²) in [5.74, 6) is 2.00. The lowest BCUT2D eigenvalue weighted by Crippen LogP contribution is -2.36. The van der Waals surface area contributed by atoms with Crippen LogP contribution in [0.15, 0.2) is 30.5 Å². The van der Waals surface area contributed by atoms with Crippen molar-refractivity contribution in [2.24, 2.45) is 5.92 Å². The number of benzene rings is 1. The van der Waals surface area contributed by atoms with Crippen LogP contribution in [0.25, 0.3) is 0 Å². The van der Waals surface area contributed by atoms with Crippen molar-refractivity contribution in [1.82, 2.24) is 15.3 Å². The van der Waals surface area contributed by atoms with E-state index in [4.69, 9.17) is 23.2 Å². The number of nitrogens with zero attached hydrogens (tertiary/aromatic N) is 3. The molecule has 2 aromatic rings. The predicted octanol–water partition coefficient (Wildman–Crippen LogP) is 4.64. The minimum Gasteiger partial charge on any atom is -0.363 e. The highest BCUT2D eigenvalue weighted by molar-refractivity contribution is 6.35. The van der Waals surface area contributed by atoms with E-state index >= 15 is 0 Å². The molecule has 3 N–H and O–H groups in total. The van der Waals surface area contributed by atoms with Gasteiger partial charge in [0, 0.05) is 48.6 Å². The van der Waals surface area contributed by atoms with Crippen molar-refractivity contribution in [2.75, 3.05) is 36.2 Å². The van der Waals surface area contributed by atoms with Crippen molar-refractivity contribution in [1.29, 1.82) is 0 Å². The third-order valence-electron chi connectivity index (χ3n) is 4.95. The topological polar surface area (TPSA) is 82.2 Å². The van der Waals surface area contributed by atoms with Gasteiger partial charge in [-0.2, -0.15) is 4.98 Å². The second-order valence-corrected chi connectivity index (χ2v) is 8.36. The minimum atomic E-state index is -0.252. The van der Waals surface area contributed by atoms with Gasteiger partial charge in [0.15, 0.2) is 0 Å². The average Bonchev–Trinajstić information content (AvgIpc) is 2.67. The lowest BCUT2D eigenvalue weighted by Gasteiger charge is -2.29. The summed E-state index contributed by atoms with van der Waals surface area (Å²) in [6.45, 7) is 0.638. The summed E-state index contributed by atoms with van der Waals surface area (Å²) in [6, 6.07) is 6.94. The Bertz CT molecular complexity index is 819. The Morgan fingerprint density at radius 2 is 1.83 bits per heavy atom. The number of nitrogens with one attached hydrogen (secondary N) is 3. The van der Waals surface area contributed by atoms with Crippen LogP contribution in [0.3, 0.4) is 0 Å². The zero-order chi connectivity index (χ0) is 20.8. The molecule has 1 fully saturated rings. The maximum atomic E-state index is 12.1. The zero-order valence-electron chi connectivity index (χ0n) is 16.6. The molecule has 29 heavy (non-hydrogen) atoms. The highest BCUT2D eigenvalue weighted by Gasteiger charge is 2.22. The molecule has 7 nitrogen and oxygen atoms in total. The van der Waals surface area contributed by atoms with E-state index in [9.17, 15) is 4.79 Å². The molecule has 1 aromatic carbocycles. The maximum absolute atomic E-state index is 12.1. The van der Waals surface area contributed by atoms with Crippen LogP contribution in [0.4, 0.5) is 22.2 Å². The van der Waals surface area contributed by atoms with Crippen molar-refractivity contribution in [3.8, 4) is 0 Å². The number of hydrogen-bond donors (Lipinski definition) is 3. The normalized spacial score (nSPS) is 18.8. The maximum Gasteiger partial charge on any atom is 0.319 e. The Kier molecular flexibility index (Phi) is 7.39. The Morgan fingerprint density at radius 1 is 1.14 bits per heavy atom. The van der Waals surface area contributed by atoms with Crippen molar-refractivity contribution in [3.05, 3.63) is 40.5 Å². The number of aromatic nitrogens is 2. The molecule has 0 spiro atoms. The summed E-state index contributed by atoms with van der Waals surface area (Å²) >= 11 is 11.9. The molecule has 1 aliphatic carbocycles. The molecular weight excluding hydrogens is 411 g/mol. The average molecular weight is 437 g/mol. The Balaban J connectivity index is 1.40. The summed E-state index contributed by atoms with van der Waals surface area (Å²) < 4.78 is 0. The van der Waals surface area contributed by atoms with Crippen molar-refractivity contribution in [3.63, 3.8) is 0 Å². The number of anilines is 3. The van der Waals surface area contributed by atoms with E-state index in [1.165, 1.54) is 0 Å². The number of carbonyl (C=O) groups is 1. The summed E-state index contributed by atoms with van der Waals surface area (Å²) in [7, 11) is 3.92. The monoisotopic (exact) mass is 436 g/mol. The molecule has 1 saturated carbocycles. The van der Waals surface area contributed by atoms with Crippen LogP contribution in [-0.2, 0) is 0 Å². The Morgan fingerprint density at radius 3 is 2.48 bits per heavy atom. The van der Waals surface area contributed by atoms with E-state index < -0.39 is 0 Å². The van der Waals surface area contributed by atoms with E-state index in [1.807, 2.05) is 25.1 Å². The smallest absolute Gasteiger partial charge is 0.319 e. The molecule has 1 aliphatic rings. The molecule has 0 unspecified atom stereocenters. The van der Waals surface area contributed by atoms with Crippen LogP contribution in [0.1, 0.15) is 25.7 Å². The molecule has 0 atom stereocenters. The fourth-order valence-corrected chi connectivity index (χ4v) is 3.93. The Labute approximate surface area is 181 Å². The standard InChI is InChI=1S/C20H26Cl2N6O/c1-28(2)18-7-8-23-19(27-18)25-16-5-3-13(4-6-16)12-24-20(29)26-17-10-14(21)9-15(22)11-17/h7-11,13,16H,3-6,12H2,1-2H3,(H,23,25,27)(H2,24,26,29). The first-order valence-corrected chi connectivity index (χ1v) is 10.4. The highest BCUT2D eigenvalue weighted by atomic mass is 35.5. The van der Waals surface area contributed by atoms with E-state index in [1.54, 1.807) is 24.4 Å². The molecule has 2 amide bonds. The summed E-state index contributed by atoms with van der Waals surface area (Å²) in [4.78, 5) is 22.9. The van der Waals surface area contributed by atoms with Crippen LogP contribution in [0.2, 0.25) is 10.0 Å². The third-order valence-corrected chi connectivity index (χ3v) is 5.39. The number of carbonyl (C=O) groups excluding carboxylic acids is 1. The first-order chi connectivity index (χ1) is 13.9. The van der Waals surface area contributed by atoms with E-state index in [-0.39, 0.29) is 6.03 Å². The van der Waals surface area contributed by atoms with E-state index in [0.29, 0.717) is 40.2 Å². The van der Waals surface area contributed by atoms with Crippen molar-refractivity contribution in [2.45, 2.75) is 31.7 Å². The summed E-state index contributed by atoms with van der Waals surface area (Å²) in [5.41, 5.74) is 0.577. The van der Waals surface area contributed by atoms with Gasteiger partial charge in [0.1, 0.15) is 5.82 Å². The number of rotatable bonds is 6. The molecule has 0 aliphatic heterocycles. The molecule has 156 valence electrons. The van der Waals surface area contributed by atoms with Gasteiger partial charge in [-0.05, 0) is 55.9 Å². The lowest BCUT2D eigenvalue weighted by molar-refractivity contribution is 0.246. The van der Waals surface area contributed by atoms with Gasteiger partial charge in [0.2, 0.25) is 5.95 Å². The van der Waals surface area contributed by atoms with Gasteiger partial charge in [-0.3, -0.25) is 0 Å². The molecule has 3 rings (SSSR count). The number of halogens is 2. The quantitative estimate of drug-likeness (QED) is 0.613. The fraction of sp³-hybridized carbons (Fsp3) is 0.450. The first-order valence-electron chi connectivity index (χ1n) is 9.67. The summed E-state index contributed by atoms with van der Waals surface area (Å²) in [5, 5.41) is 10.1. The lowest BCUT2D eigenvalue weighted by atomic mass is 9.86. The molecule has 0 radical (unpaired) electrons. The second-order valence-electron chi connectivity index (χ2n) is 7.49. The van der Waals surface area contributed by atoms with Gasteiger partial charge in [-0.1, -0.05) is 23.2 Å². The van der Waals surface area contributed by atoms with Crippen molar-refractivity contribution < 1.29 is 4.79 Å². The zero-order valence-corrected chi connectivity index (χ0v) is 18.1. The van der Waals surface area contributed by atoms with Gasteiger partial charge in [0.05, 0.1) is 0 Å². The van der Waals surface area contributed by atoms with E-state index in [0.717, 1.165) is 31.5 Å². The van der Waals surface area contributed by atoms with Gasteiger partial charge < -0.3 is 20.9 Å². The number of hydrogen-bond acceptors (Lipinski definition) is 5. The SMILES string of the molecule is CN(C)c1ccnc(NC2CCC(CNC(=O)Nc3cc(Cl)cc(Cl)c3)CC2)n1. The second kappa shape index (κ2) is 9.98. The molecule has 9 heteroatoms. The molecule has 1 aromatic heterocycles. The van der Waals surface area contributed by atoms with Crippen LogP contribution in [0.5, 0.6) is 0 Å². The van der Waals surface area contributed by atoms with Gasteiger partial charge in [0.25, 0.3) is 0 Å². The van der Waals surface area contributed by atoms with Crippen molar-refractivity contribution >= 4 is 46.7 Å². The molecule has 0 saturated heterocycles. The number of urea groups is 1. The largest absolute Gasteiger partial charge is 0.363 e. The van der Waals surface area contributed by atoms with Crippen LogP contribution in [-0.4, -0.2) is 42.7 Å². The van der Waals surface area contributed by atoms with Crippen LogP contribution in [0, 0.1) is 5.92 Å². The third kappa shape index (κ3) is 6.65. The van der Waals surface area contributed by atoms with Crippen LogP contribution < -0.4 is 20.9 Å². The van der Waals surface area contributed by atoms with Gasteiger partial charge in [-0.25, -0.2) is 9.78 Å². The van der Waals surface area contributed by atoms with Crippen LogP contribution >= 0.6 is 23.2 Å². The molecular formula is C20H26Cl2N6O. The summed E-state index contributed by atoms with van der Waals surface area (Å²) in [6.07, 6.45) is 5.88. The van der Waals surface area contributed by atoms with Gasteiger partial charge in [-0.15, -0.1) is 0 Å². The number of amides is 2. The van der Waals surface area contributed by atoms with E-state index in [2.05, 4.69) is 25.9 Å². The fourth-order valence-electron chi connectivity index (χ4n) is 3.40. The van der Waals surface area contributed by atoms with Gasteiger partial charge >= 0.3 is 6.03 Å². The Hall–Kier alpha value is -2.25. The highest BCUT2D eigenvalue weighted by Crippen LogP contribution is 2.26. The molecule has 0 bridgehead atoms. The minimum absolute atomic E-state index is 0.252.